The smallest absolute Gasteiger partial charge is 0.195 e. The van der Waals surface area contributed by atoms with Gasteiger partial charge in [0.1, 0.15) is 0 Å². The number of rotatable bonds is 2. The van der Waals surface area contributed by atoms with Crippen LogP contribution in [0.3, 0.4) is 0 Å². The van der Waals surface area contributed by atoms with Crippen LogP contribution in [0, 0.1) is 0 Å². The molecule has 0 N–H and O–H groups in total. The van der Waals surface area contributed by atoms with Crippen molar-refractivity contribution in [2.45, 2.75) is 36.5 Å². The number of anilines is 2. The molecule has 142 valence electrons. The topological polar surface area (TPSA) is 28.6 Å². The molecule has 0 unspecified atom stereocenters. The standard InChI is InChI=1S/C22H21N3OS2/c1-2-4-19-16(3-1)15-26-22(19)7-10-24(11-8-22)18-5-6-20-17(13-18)14-25(28-20)21-23-9-12-27-21/h1-6,9,12-13H,7-8,10-11,14-15H2. The summed E-state index contributed by atoms with van der Waals surface area (Å²) in [6.45, 7) is 3.77. The SMILES string of the molecule is c1ccc2c(c1)COC21CCN(c2ccc3c(c2)CN(c2nccs2)S3)CC1. The van der Waals surface area contributed by atoms with Crippen molar-refractivity contribution in [1.29, 1.82) is 0 Å². The number of ether oxygens (including phenoxy) is 1. The third kappa shape index (κ3) is 2.66. The van der Waals surface area contributed by atoms with E-state index in [9.17, 15) is 0 Å². The van der Waals surface area contributed by atoms with Crippen molar-refractivity contribution in [3.8, 4) is 0 Å². The number of hydrogen-bond donors (Lipinski definition) is 0. The normalized spacial score (nSPS) is 19.9. The highest BCUT2D eigenvalue weighted by Gasteiger charge is 2.42. The second kappa shape index (κ2) is 6.51. The van der Waals surface area contributed by atoms with Gasteiger partial charge in [-0.3, -0.25) is 4.31 Å². The number of hydrogen-bond acceptors (Lipinski definition) is 6. The minimum absolute atomic E-state index is 0.0681. The predicted molar refractivity (Wildman–Crippen MR) is 115 cm³/mol. The Labute approximate surface area is 173 Å². The molecular formula is C22H21N3OS2. The Morgan fingerprint density at radius 1 is 1.04 bits per heavy atom. The van der Waals surface area contributed by atoms with Crippen LogP contribution in [0.1, 0.15) is 29.5 Å². The predicted octanol–water partition coefficient (Wildman–Crippen LogP) is 5.20. The van der Waals surface area contributed by atoms with Crippen LogP contribution < -0.4 is 9.21 Å². The van der Waals surface area contributed by atoms with Gasteiger partial charge in [-0.1, -0.05) is 24.3 Å². The van der Waals surface area contributed by atoms with E-state index in [1.807, 2.05) is 11.6 Å². The second-order valence-corrected chi connectivity index (χ2v) is 9.60. The van der Waals surface area contributed by atoms with Crippen LogP contribution in [-0.2, 0) is 23.5 Å². The molecule has 4 heterocycles. The summed E-state index contributed by atoms with van der Waals surface area (Å²) >= 11 is 3.50. The lowest BCUT2D eigenvalue weighted by Gasteiger charge is -2.40. The molecule has 4 nitrogen and oxygen atoms in total. The lowest BCUT2D eigenvalue weighted by molar-refractivity contribution is -0.0551. The Hall–Kier alpha value is -2.02. The van der Waals surface area contributed by atoms with Crippen molar-refractivity contribution in [3.05, 3.63) is 70.7 Å². The number of thiazole rings is 1. The van der Waals surface area contributed by atoms with Gasteiger partial charge in [0.2, 0.25) is 0 Å². The molecule has 2 aromatic carbocycles. The van der Waals surface area contributed by atoms with E-state index < -0.39 is 0 Å². The molecule has 28 heavy (non-hydrogen) atoms. The van der Waals surface area contributed by atoms with Crippen LogP contribution in [0.15, 0.2) is 58.9 Å². The lowest BCUT2D eigenvalue weighted by Crippen LogP contribution is -2.42. The summed E-state index contributed by atoms with van der Waals surface area (Å²) in [5.41, 5.74) is 5.45. The fourth-order valence-electron chi connectivity index (χ4n) is 4.65. The molecule has 6 rings (SSSR count). The van der Waals surface area contributed by atoms with E-state index in [-0.39, 0.29) is 5.60 Å². The highest BCUT2D eigenvalue weighted by molar-refractivity contribution is 8.01. The van der Waals surface area contributed by atoms with E-state index in [4.69, 9.17) is 4.74 Å². The zero-order valence-corrected chi connectivity index (χ0v) is 17.1. The van der Waals surface area contributed by atoms with Crippen LogP contribution in [-0.4, -0.2) is 18.1 Å². The van der Waals surface area contributed by atoms with E-state index in [1.54, 1.807) is 23.3 Å². The molecule has 0 saturated carbocycles. The average molecular weight is 408 g/mol. The van der Waals surface area contributed by atoms with Crippen molar-refractivity contribution in [3.63, 3.8) is 0 Å². The van der Waals surface area contributed by atoms with Gasteiger partial charge >= 0.3 is 0 Å². The fourth-order valence-corrected chi connectivity index (χ4v) is 6.37. The summed E-state index contributed by atoms with van der Waals surface area (Å²) in [7, 11) is 0. The first-order chi connectivity index (χ1) is 13.8. The van der Waals surface area contributed by atoms with Gasteiger partial charge in [0, 0.05) is 35.2 Å². The van der Waals surface area contributed by atoms with E-state index >= 15 is 0 Å². The zero-order chi connectivity index (χ0) is 18.6. The minimum Gasteiger partial charge on any atom is -0.371 e. The lowest BCUT2D eigenvalue weighted by atomic mass is 9.83. The Kier molecular flexibility index (Phi) is 3.93. The Morgan fingerprint density at radius 2 is 1.93 bits per heavy atom. The molecule has 3 aromatic rings. The Morgan fingerprint density at radius 3 is 2.79 bits per heavy atom. The maximum absolute atomic E-state index is 6.32. The molecule has 0 amide bonds. The largest absolute Gasteiger partial charge is 0.371 e. The quantitative estimate of drug-likeness (QED) is 0.545. The van der Waals surface area contributed by atoms with E-state index in [0.29, 0.717) is 0 Å². The third-order valence-electron chi connectivity index (χ3n) is 6.15. The molecule has 1 saturated heterocycles. The maximum Gasteiger partial charge on any atom is 0.195 e. The van der Waals surface area contributed by atoms with Crippen LogP contribution in [0.4, 0.5) is 10.8 Å². The summed E-state index contributed by atoms with van der Waals surface area (Å²) in [6, 6.07) is 15.7. The number of nitrogens with zero attached hydrogens (tertiary/aromatic N) is 3. The van der Waals surface area contributed by atoms with Gasteiger partial charge in [0.25, 0.3) is 0 Å². The van der Waals surface area contributed by atoms with E-state index in [1.165, 1.54) is 27.3 Å². The van der Waals surface area contributed by atoms with Crippen molar-refractivity contribution in [2.24, 2.45) is 0 Å². The van der Waals surface area contributed by atoms with E-state index in [2.05, 4.69) is 56.7 Å². The fraction of sp³-hybridized carbons (Fsp3) is 0.318. The second-order valence-electron chi connectivity index (χ2n) is 7.66. The highest BCUT2D eigenvalue weighted by atomic mass is 32.2. The maximum atomic E-state index is 6.32. The summed E-state index contributed by atoms with van der Waals surface area (Å²) in [5.74, 6) is 0. The Balaban J connectivity index is 1.19. The van der Waals surface area contributed by atoms with Gasteiger partial charge in [0.05, 0.1) is 18.8 Å². The van der Waals surface area contributed by atoms with Gasteiger partial charge in [-0.25, -0.2) is 4.98 Å². The average Bonchev–Trinajstić information content (AvgIpc) is 3.48. The van der Waals surface area contributed by atoms with Crippen molar-refractivity contribution >= 4 is 34.1 Å². The molecule has 1 aromatic heterocycles. The van der Waals surface area contributed by atoms with Gasteiger partial charge in [-0.2, -0.15) is 0 Å². The minimum atomic E-state index is -0.0681. The first-order valence-electron chi connectivity index (χ1n) is 9.76. The molecule has 1 fully saturated rings. The number of aromatic nitrogens is 1. The van der Waals surface area contributed by atoms with Crippen LogP contribution >= 0.6 is 23.3 Å². The summed E-state index contributed by atoms with van der Waals surface area (Å²) in [5, 5.41) is 3.12. The molecule has 3 aliphatic heterocycles. The summed E-state index contributed by atoms with van der Waals surface area (Å²) in [4.78, 5) is 8.32. The van der Waals surface area contributed by atoms with Crippen molar-refractivity contribution < 1.29 is 4.74 Å². The van der Waals surface area contributed by atoms with Gasteiger partial charge < -0.3 is 9.64 Å². The van der Waals surface area contributed by atoms with Gasteiger partial charge in [-0.05, 0) is 59.7 Å². The van der Waals surface area contributed by atoms with Crippen molar-refractivity contribution in [1.82, 2.24) is 4.98 Å². The molecule has 0 atom stereocenters. The summed E-state index contributed by atoms with van der Waals surface area (Å²) in [6.07, 6.45) is 3.99. The first-order valence-corrected chi connectivity index (χ1v) is 11.4. The molecule has 1 spiro atoms. The van der Waals surface area contributed by atoms with Crippen molar-refractivity contribution in [2.75, 3.05) is 22.3 Å². The van der Waals surface area contributed by atoms with Gasteiger partial charge in [0.15, 0.2) is 5.13 Å². The monoisotopic (exact) mass is 407 g/mol. The van der Waals surface area contributed by atoms with E-state index in [0.717, 1.165) is 44.2 Å². The number of piperidine rings is 1. The third-order valence-corrected chi connectivity index (χ3v) is 8.18. The molecule has 0 aliphatic carbocycles. The number of fused-ring (bicyclic) bond motifs is 3. The van der Waals surface area contributed by atoms with Gasteiger partial charge in [-0.15, -0.1) is 11.3 Å². The first kappa shape index (κ1) is 16.9. The zero-order valence-electron chi connectivity index (χ0n) is 15.5. The van der Waals surface area contributed by atoms with Crippen LogP contribution in [0.25, 0.3) is 0 Å². The molecular weight excluding hydrogens is 386 g/mol. The molecule has 0 radical (unpaired) electrons. The molecule has 6 heteroatoms. The number of benzene rings is 2. The Bertz CT molecular complexity index is 1010. The molecule has 3 aliphatic rings. The summed E-state index contributed by atoms with van der Waals surface area (Å²) < 4.78 is 8.61. The van der Waals surface area contributed by atoms with Crippen LogP contribution in [0.5, 0.6) is 0 Å². The van der Waals surface area contributed by atoms with Crippen LogP contribution in [0.2, 0.25) is 0 Å². The highest BCUT2D eigenvalue weighted by Crippen LogP contribution is 2.46. The molecule has 0 bridgehead atoms.